The van der Waals surface area contributed by atoms with Crippen molar-refractivity contribution < 1.29 is 9.22 Å². The van der Waals surface area contributed by atoms with Crippen LogP contribution in [0, 0.1) is 5.92 Å². The first-order valence-electron chi connectivity index (χ1n) is 13.4. The van der Waals surface area contributed by atoms with Crippen molar-refractivity contribution in [3.05, 3.63) is 84.5 Å². The van der Waals surface area contributed by atoms with Gasteiger partial charge in [0, 0.05) is 0 Å². The number of amides is 1. The van der Waals surface area contributed by atoms with Crippen LogP contribution in [0.15, 0.2) is 84.5 Å². The number of hydrogen-bond acceptors (Lipinski definition) is 2. The van der Waals surface area contributed by atoms with Gasteiger partial charge >= 0.3 is 0 Å². The Morgan fingerprint density at radius 2 is 1.57 bits per heavy atom. The van der Waals surface area contributed by atoms with Gasteiger partial charge in [0.15, 0.2) is 0 Å². The first-order chi connectivity index (χ1) is 16.9. The number of benzene rings is 2. The maximum Gasteiger partial charge on any atom is 0.261 e. The average molecular weight is 486 g/mol. The highest BCUT2D eigenvalue weighted by Crippen LogP contribution is 2.39. The monoisotopic (exact) mass is 485 g/mol. The first-order valence-corrected chi connectivity index (χ1v) is 15.3. The summed E-state index contributed by atoms with van der Waals surface area (Å²) in [6.45, 7) is 7.54. The minimum Gasteiger partial charge on any atom is -0.405 e. The third kappa shape index (κ3) is 4.47. The summed E-state index contributed by atoms with van der Waals surface area (Å²) < 4.78 is 7.23. The molecule has 2 aromatic rings. The number of carbonyl (C=O) groups excluding carboxylic acids is 1. The Kier molecular flexibility index (Phi) is 6.87. The predicted octanol–water partition coefficient (Wildman–Crippen LogP) is 5.61. The number of allylic oxidation sites excluding steroid dienone is 1. The minimum absolute atomic E-state index is 0.0605. The Labute approximate surface area is 212 Å². The standard InChI is InChI=1S/C31H39NO2Si/c1-31(2,3)35(27-15-9-5-10-16-27,28-17-11-6-12-18-28)34-23-26-20-19-25-21-22-29(30(33)32(25)26)24-13-7-4-8-14-24/h5-6,9-13,15-18,21-22,25-26,29H,4,7-8,14,19-20,23H2,1-3H3/t25-,26-,29+/m0/s1. The summed E-state index contributed by atoms with van der Waals surface area (Å²) in [6.07, 6.45) is 13.5. The van der Waals surface area contributed by atoms with Crippen molar-refractivity contribution in [2.24, 2.45) is 5.92 Å². The van der Waals surface area contributed by atoms with Crippen molar-refractivity contribution in [2.45, 2.75) is 76.4 Å². The SMILES string of the molecule is CC(C)(C)[Si](OC[C@@H]1CC[C@H]2C=C[C@H](C3=CCCCC3)C(=O)N12)(c1ccccc1)c1ccccc1. The van der Waals surface area contributed by atoms with Gasteiger partial charge in [0.2, 0.25) is 5.91 Å². The Balaban J connectivity index is 1.45. The van der Waals surface area contributed by atoms with E-state index < -0.39 is 8.32 Å². The van der Waals surface area contributed by atoms with Crippen LogP contribution in [0.2, 0.25) is 5.04 Å². The molecule has 2 aromatic carbocycles. The fraction of sp³-hybridized carbons (Fsp3) is 0.452. The number of rotatable bonds is 6. The highest BCUT2D eigenvalue weighted by molar-refractivity contribution is 6.99. The first kappa shape index (κ1) is 24.3. The molecule has 2 aliphatic heterocycles. The molecule has 0 saturated carbocycles. The van der Waals surface area contributed by atoms with Crippen molar-refractivity contribution in [2.75, 3.05) is 6.61 Å². The van der Waals surface area contributed by atoms with Crippen LogP contribution in [0.5, 0.6) is 0 Å². The Morgan fingerprint density at radius 3 is 2.14 bits per heavy atom. The summed E-state index contributed by atoms with van der Waals surface area (Å²) >= 11 is 0. The van der Waals surface area contributed by atoms with Gasteiger partial charge in [-0.25, -0.2) is 0 Å². The Hall–Kier alpha value is -2.43. The van der Waals surface area contributed by atoms with Gasteiger partial charge < -0.3 is 9.33 Å². The van der Waals surface area contributed by atoms with E-state index in [1.807, 2.05) is 0 Å². The van der Waals surface area contributed by atoms with Gasteiger partial charge in [-0.1, -0.05) is 105 Å². The molecule has 3 nitrogen and oxygen atoms in total. The van der Waals surface area contributed by atoms with E-state index in [1.165, 1.54) is 28.8 Å². The molecule has 3 atom stereocenters. The molecule has 0 bridgehead atoms. The van der Waals surface area contributed by atoms with E-state index in [0.29, 0.717) is 12.5 Å². The second kappa shape index (κ2) is 9.91. The second-order valence-electron chi connectivity index (χ2n) is 11.4. The Bertz CT molecular complexity index is 1050. The summed E-state index contributed by atoms with van der Waals surface area (Å²) in [5.74, 6) is 0.221. The molecule has 184 valence electrons. The lowest BCUT2D eigenvalue weighted by Crippen LogP contribution is -2.67. The van der Waals surface area contributed by atoms with Crippen LogP contribution in [0.3, 0.4) is 0 Å². The van der Waals surface area contributed by atoms with E-state index in [4.69, 9.17) is 4.43 Å². The van der Waals surface area contributed by atoms with Crippen molar-refractivity contribution in [3.63, 3.8) is 0 Å². The molecule has 0 spiro atoms. The third-order valence-electron chi connectivity index (χ3n) is 8.23. The van der Waals surface area contributed by atoms with E-state index in [2.05, 4.69) is 105 Å². The molecule has 5 rings (SSSR count). The van der Waals surface area contributed by atoms with Crippen LogP contribution in [0.25, 0.3) is 0 Å². The molecule has 0 aromatic heterocycles. The average Bonchev–Trinajstić information content (AvgIpc) is 3.30. The number of fused-ring (bicyclic) bond motifs is 1. The highest BCUT2D eigenvalue weighted by atomic mass is 28.4. The molecule has 1 saturated heterocycles. The van der Waals surface area contributed by atoms with Crippen LogP contribution in [0.1, 0.15) is 59.3 Å². The smallest absolute Gasteiger partial charge is 0.261 e. The van der Waals surface area contributed by atoms with Crippen molar-refractivity contribution in [1.82, 2.24) is 4.90 Å². The molecule has 2 heterocycles. The van der Waals surface area contributed by atoms with Crippen LogP contribution in [-0.2, 0) is 9.22 Å². The summed E-state index contributed by atoms with van der Waals surface area (Å²) in [5.41, 5.74) is 1.33. The van der Waals surface area contributed by atoms with Gasteiger partial charge in [0.25, 0.3) is 8.32 Å². The zero-order valence-corrected chi connectivity index (χ0v) is 22.5. The fourth-order valence-corrected chi connectivity index (χ4v) is 11.1. The molecular weight excluding hydrogens is 446 g/mol. The molecule has 0 radical (unpaired) electrons. The van der Waals surface area contributed by atoms with E-state index in [1.54, 1.807) is 0 Å². The molecular formula is C31H39NO2Si. The molecule has 1 aliphatic carbocycles. The molecule has 3 aliphatic rings. The zero-order chi connectivity index (χ0) is 24.5. The third-order valence-corrected chi connectivity index (χ3v) is 13.2. The quantitative estimate of drug-likeness (QED) is 0.393. The van der Waals surface area contributed by atoms with Crippen molar-refractivity contribution >= 4 is 24.6 Å². The lowest BCUT2D eigenvalue weighted by atomic mass is 9.86. The van der Waals surface area contributed by atoms with E-state index in [9.17, 15) is 4.79 Å². The number of nitrogens with zero attached hydrogens (tertiary/aromatic N) is 1. The van der Waals surface area contributed by atoms with E-state index in [0.717, 1.165) is 25.7 Å². The number of carbonyl (C=O) groups is 1. The molecule has 0 unspecified atom stereocenters. The van der Waals surface area contributed by atoms with Gasteiger partial charge in [-0.05, 0) is 53.9 Å². The lowest BCUT2D eigenvalue weighted by Gasteiger charge is -2.44. The lowest BCUT2D eigenvalue weighted by molar-refractivity contribution is -0.136. The van der Waals surface area contributed by atoms with Crippen molar-refractivity contribution in [3.8, 4) is 0 Å². The predicted molar refractivity (Wildman–Crippen MR) is 146 cm³/mol. The number of hydrogen-bond donors (Lipinski definition) is 0. The fourth-order valence-electron chi connectivity index (χ4n) is 6.50. The maximum absolute atomic E-state index is 13.8. The van der Waals surface area contributed by atoms with Crippen LogP contribution >= 0.6 is 0 Å². The van der Waals surface area contributed by atoms with Crippen LogP contribution in [-0.4, -0.2) is 37.8 Å². The molecule has 35 heavy (non-hydrogen) atoms. The Morgan fingerprint density at radius 1 is 0.914 bits per heavy atom. The van der Waals surface area contributed by atoms with Gasteiger partial charge in [-0.2, -0.15) is 0 Å². The summed E-state index contributed by atoms with van der Waals surface area (Å²) in [7, 11) is -2.61. The summed E-state index contributed by atoms with van der Waals surface area (Å²) in [5, 5.41) is 2.53. The van der Waals surface area contributed by atoms with E-state index >= 15 is 0 Å². The molecule has 0 N–H and O–H groups in total. The molecule has 4 heteroatoms. The summed E-state index contributed by atoms with van der Waals surface area (Å²) in [4.78, 5) is 15.9. The van der Waals surface area contributed by atoms with Gasteiger partial charge in [-0.3, -0.25) is 4.79 Å². The van der Waals surface area contributed by atoms with Gasteiger partial charge in [-0.15, -0.1) is 0 Å². The van der Waals surface area contributed by atoms with Crippen LogP contribution < -0.4 is 10.4 Å². The summed E-state index contributed by atoms with van der Waals surface area (Å²) in [6, 6.07) is 22.0. The highest BCUT2D eigenvalue weighted by Gasteiger charge is 2.51. The largest absolute Gasteiger partial charge is 0.405 e. The minimum atomic E-state index is -2.61. The molecule has 1 fully saturated rings. The second-order valence-corrected chi connectivity index (χ2v) is 15.7. The van der Waals surface area contributed by atoms with Crippen molar-refractivity contribution in [1.29, 1.82) is 0 Å². The zero-order valence-electron chi connectivity index (χ0n) is 21.5. The molecule has 1 amide bonds. The van der Waals surface area contributed by atoms with E-state index in [-0.39, 0.29) is 23.0 Å². The normalized spacial score (nSPS) is 24.9. The maximum atomic E-state index is 13.8. The topological polar surface area (TPSA) is 29.5 Å². The van der Waals surface area contributed by atoms with Gasteiger partial charge in [0.05, 0.1) is 24.6 Å². The van der Waals surface area contributed by atoms with Crippen LogP contribution in [0.4, 0.5) is 0 Å². The van der Waals surface area contributed by atoms with Gasteiger partial charge in [0.1, 0.15) is 0 Å².